The van der Waals surface area contributed by atoms with E-state index in [1.807, 2.05) is 74.5 Å². The summed E-state index contributed by atoms with van der Waals surface area (Å²) in [5.74, 6) is -0.742. The zero-order chi connectivity index (χ0) is 22.0. The summed E-state index contributed by atoms with van der Waals surface area (Å²) in [6.07, 6.45) is 0.697. The van der Waals surface area contributed by atoms with Gasteiger partial charge in [0.25, 0.3) is 11.7 Å². The van der Waals surface area contributed by atoms with Gasteiger partial charge in [0.15, 0.2) is 0 Å². The average molecular weight is 415 g/mol. The molecule has 1 unspecified atom stereocenters. The molecule has 0 bridgehead atoms. The second kappa shape index (κ2) is 8.64. The highest BCUT2D eigenvalue weighted by Gasteiger charge is 2.45. The Hall–Kier alpha value is -3.60. The van der Waals surface area contributed by atoms with E-state index in [-0.39, 0.29) is 11.3 Å². The number of nitrogens with zero attached hydrogens (tertiary/aromatic N) is 1. The van der Waals surface area contributed by atoms with Crippen molar-refractivity contribution in [3.63, 3.8) is 0 Å². The number of fused-ring (bicyclic) bond motifs is 1. The monoisotopic (exact) mass is 415 g/mol. The molecule has 5 nitrogen and oxygen atoms in total. The van der Waals surface area contributed by atoms with Crippen molar-refractivity contribution in [3.8, 4) is 5.75 Å². The van der Waals surface area contributed by atoms with Crippen molar-refractivity contribution in [2.75, 3.05) is 13.2 Å². The predicted octanol–water partition coefficient (Wildman–Crippen LogP) is 5.07. The van der Waals surface area contributed by atoms with Crippen LogP contribution in [0.4, 0.5) is 0 Å². The SMILES string of the molecule is CCCN1C(=O)C(=O)/C(=C(\O)c2cccc3ccccc23)C1c1cccc(OCC)c1. The summed E-state index contributed by atoms with van der Waals surface area (Å²) < 4.78 is 5.63. The van der Waals surface area contributed by atoms with Crippen LogP contribution in [0.3, 0.4) is 0 Å². The molecule has 1 heterocycles. The molecule has 1 fully saturated rings. The Bertz CT molecular complexity index is 1180. The van der Waals surface area contributed by atoms with Crippen molar-refractivity contribution in [2.24, 2.45) is 0 Å². The average Bonchev–Trinajstić information content (AvgIpc) is 3.04. The summed E-state index contributed by atoms with van der Waals surface area (Å²) in [5.41, 5.74) is 1.39. The fourth-order valence-corrected chi connectivity index (χ4v) is 4.22. The van der Waals surface area contributed by atoms with Gasteiger partial charge in [-0.05, 0) is 41.8 Å². The van der Waals surface area contributed by atoms with E-state index >= 15 is 0 Å². The van der Waals surface area contributed by atoms with Gasteiger partial charge in [-0.1, -0.05) is 61.5 Å². The number of ether oxygens (including phenoxy) is 1. The van der Waals surface area contributed by atoms with E-state index in [2.05, 4.69) is 0 Å². The molecule has 0 aromatic heterocycles. The first-order valence-corrected chi connectivity index (χ1v) is 10.6. The molecule has 1 amide bonds. The highest BCUT2D eigenvalue weighted by Crippen LogP contribution is 2.41. The Morgan fingerprint density at radius 1 is 1.00 bits per heavy atom. The zero-order valence-corrected chi connectivity index (χ0v) is 17.7. The maximum Gasteiger partial charge on any atom is 0.295 e. The van der Waals surface area contributed by atoms with Crippen LogP contribution in [-0.2, 0) is 9.59 Å². The lowest BCUT2D eigenvalue weighted by Gasteiger charge is -2.25. The van der Waals surface area contributed by atoms with Crippen LogP contribution in [0.15, 0.2) is 72.3 Å². The van der Waals surface area contributed by atoms with Crippen molar-refractivity contribution >= 4 is 28.2 Å². The Morgan fingerprint density at radius 2 is 1.74 bits per heavy atom. The second-order valence-electron chi connectivity index (χ2n) is 7.52. The lowest BCUT2D eigenvalue weighted by Crippen LogP contribution is -2.30. The molecule has 158 valence electrons. The van der Waals surface area contributed by atoms with Gasteiger partial charge in [0, 0.05) is 12.1 Å². The lowest BCUT2D eigenvalue weighted by atomic mass is 9.93. The normalized spacial score (nSPS) is 18.0. The second-order valence-corrected chi connectivity index (χ2v) is 7.52. The van der Waals surface area contributed by atoms with E-state index in [9.17, 15) is 14.7 Å². The number of ketones is 1. The molecule has 31 heavy (non-hydrogen) atoms. The van der Waals surface area contributed by atoms with Crippen LogP contribution in [0.1, 0.15) is 37.4 Å². The Labute approximate surface area is 181 Å². The molecule has 3 aromatic rings. The molecule has 0 spiro atoms. The smallest absolute Gasteiger partial charge is 0.295 e. The van der Waals surface area contributed by atoms with Crippen LogP contribution in [0.2, 0.25) is 0 Å². The number of aliphatic hydroxyl groups is 1. The molecule has 1 saturated heterocycles. The summed E-state index contributed by atoms with van der Waals surface area (Å²) in [7, 11) is 0. The molecule has 3 aromatic carbocycles. The predicted molar refractivity (Wildman–Crippen MR) is 121 cm³/mol. The van der Waals surface area contributed by atoms with Crippen LogP contribution in [-0.4, -0.2) is 34.8 Å². The van der Waals surface area contributed by atoms with E-state index < -0.39 is 17.7 Å². The first-order chi connectivity index (χ1) is 15.1. The number of rotatable bonds is 6. The van der Waals surface area contributed by atoms with Gasteiger partial charge in [-0.15, -0.1) is 0 Å². The summed E-state index contributed by atoms with van der Waals surface area (Å²) in [6, 6.07) is 19.9. The van der Waals surface area contributed by atoms with E-state index in [0.717, 1.165) is 16.3 Å². The van der Waals surface area contributed by atoms with Crippen LogP contribution in [0.5, 0.6) is 5.75 Å². The zero-order valence-electron chi connectivity index (χ0n) is 17.7. The number of amides is 1. The van der Waals surface area contributed by atoms with E-state index in [4.69, 9.17) is 4.74 Å². The van der Waals surface area contributed by atoms with Gasteiger partial charge in [0.1, 0.15) is 11.5 Å². The summed E-state index contributed by atoms with van der Waals surface area (Å²) in [6.45, 7) is 4.78. The molecule has 1 N–H and O–H groups in total. The standard InChI is InChI=1S/C26H25NO4/c1-3-15-27-23(18-11-7-12-19(16-18)31-4-2)22(25(29)26(27)30)24(28)21-14-8-10-17-9-5-6-13-20(17)21/h5-14,16,23,28H,3-4,15H2,1-2H3/b24-22-. The largest absolute Gasteiger partial charge is 0.507 e. The van der Waals surface area contributed by atoms with Crippen LogP contribution in [0, 0.1) is 0 Å². The van der Waals surface area contributed by atoms with E-state index in [1.165, 1.54) is 0 Å². The van der Waals surface area contributed by atoms with Crippen molar-refractivity contribution in [1.82, 2.24) is 4.90 Å². The van der Waals surface area contributed by atoms with E-state index in [0.29, 0.717) is 30.9 Å². The minimum Gasteiger partial charge on any atom is -0.507 e. The number of Topliss-reactive ketones (excluding diaryl/α,β-unsaturated/α-hetero) is 1. The van der Waals surface area contributed by atoms with Crippen LogP contribution in [0.25, 0.3) is 16.5 Å². The van der Waals surface area contributed by atoms with E-state index in [1.54, 1.807) is 11.0 Å². The molecule has 5 heteroatoms. The molecule has 1 aliphatic rings. The van der Waals surface area contributed by atoms with Crippen molar-refractivity contribution in [2.45, 2.75) is 26.3 Å². The first kappa shape index (κ1) is 20.7. The summed E-state index contributed by atoms with van der Waals surface area (Å²) in [4.78, 5) is 27.5. The van der Waals surface area contributed by atoms with Gasteiger partial charge in [0.05, 0.1) is 18.2 Å². The number of aliphatic hydroxyl groups excluding tert-OH is 1. The summed E-state index contributed by atoms with van der Waals surface area (Å²) in [5, 5.41) is 13.1. The van der Waals surface area contributed by atoms with Crippen molar-refractivity contribution in [3.05, 3.63) is 83.4 Å². The number of carbonyl (C=O) groups excluding carboxylic acids is 2. The molecule has 4 rings (SSSR count). The lowest BCUT2D eigenvalue weighted by molar-refractivity contribution is -0.139. The quantitative estimate of drug-likeness (QED) is 0.347. The minimum absolute atomic E-state index is 0.114. The fourth-order valence-electron chi connectivity index (χ4n) is 4.22. The number of hydrogen-bond donors (Lipinski definition) is 1. The van der Waals surface area contributed by atoms with Gasteiger partial charge >= 0.3 is 0 Å². The minimum atomic E-state index is -0.667. The van der Waals surface area contributed by atoms with Gasteiger partial charge in [-0.2, -0.15) is 0 Å². The maximum atomic E-state index is 13.1. The van der Waals surface area contributed by atoms with Crippen molar-refractivity contribution < 1.29 is 19.4 Å². The number of likely N-dealkylation sites (tertiary alicyclic amines) is 1. The number of carbonyl (C=O) groups is 2. The topological polar surface area (TPSA) is 66.8 Å². The third-order valence-electron chi connectivity index (χ3n) is 5.53. The molecule has 0 saturated carbocycles. The number of benzene rings is 3. The van der Waals surface area contributed by atoms with Gasteiger partial charge in [-0.3, -0.25) is 9.59 Å². The van der Waals surface area contributed by atoms with Gasteiger partial charge in [-0.25, -0.2) is 0 Å². The molecular formula is C26H25NO4. The highest BCUT2D eigenvalue weighted by molar-refractivity contribution is 6.46. The Kier molecular flexibility index (Phi) is 5.76. The molecule has 1 aliphatic heterocycles. The Morgan fingerprint density at radius 3 is 2.52 bits per heavy atom. The van der Waals surface area contributed by atoms with Crippen LogP contribution < -0.4 is 4.74 Å². The number of hydrogen-bond acceptors (Lipinski definition) is 4. The first-order valence-electron chi connectivity index (χ1n) is 10.6. The molecule has 0 radical (unpaired) electrons. The van der Waals surface area contributed by atoms with Crippen LogP contribution >= 0.6 is 0 Å². The Balaban J connectivity index is 1.94. The van der Waals surface area contributed by atoms with Gasteiger partial charge in [0.2, 0.25) is 0 Å². The fraction of sp³-hybridized carbons (Fsp3) is 0.231. The van der Waals surface area contributed by atoms with Crippen molar-refractivity contribution in [1.29, 1.82) is 0 Å². The third kappa shape index (κ3) is 3.67. The maximum absolute atomic E-state index is 13.1. The molecular weight excluding hydrogens is 390 g/mol. The van der Waals surface area contributed by atoms with Gasteiger partial charge < -0.3 is 14.7 Å². The molecule has 0 aliphatic carbocycles. The highest BCUT2D eigenvalue weighted by atomic mass is 16.5. The molecule has 1 atom stereocenters. The summed E-state index contributed by atoms with van der Waals surface area (Å²) >= 11 is 0. The third-order valence-corrected chi connectivity index (χ3v) is 5.53.